The second kappa shape index (κ2) is 14.4. The Labute approximate surface area is 302 Å². The second-order valence-electron chi connectivity index (χ2n) is 12.2. The lowest BCUT2D eigenvalue weighted by Gasteiger charge is -2.08. The normalized spacial score (nSPS) is 11.9. The van der Waals surface area contributed by atoms with E-state index in [0.717, 1.165) is 55.7 Å². The SMILES string of the molecule is Cc1c(Cc2cccc(C(F)(F)F)c2)oc2c(-c3cccc(C(=O)O)c3)cccc12.Cc1c(Cc2cccc(C(F)(F)F)c2)oc2c(Br)cccc12. The first-order valence-corrected chi connectivity index (χ1v) is 16.7. The van der Waals surface area contributed by atoms with Crippen LogP contribution in [0.25, 0.3) is 33.1 Å². The fourth-order valence-electron chi connectivity index (χ4n) is 6.02. The predicted octanol–water partition coefficient (Wildman–Crippen LogP) is 12.8. The molecule has 4 nitrogen and oxygen atoms in total. The van der Waals surface area contributed by atoms with Gasteiger partial charge in [0.25, 0.3) is 0 Å². The van der Waals surface area contributed by atoms with Crippen molar-refractivity contribution in [3.63, 3.8) is 0 Å². The van der Waals surface area contributed by atoms with Gasteiger partial charge in [-0.25, -0.2) is 4.79 Å². The molecule has 1 N–H and O–H groups in total. The fourth-order valence-corrected chi connectivity index (χ4v) is 6.47. The molecule has 266 valence electrons. The first-order valence-electron chi connectivity index (χ1n) is 15.9. The Balaban J connectivity index is 0.000000187. The highest BCUT2D eigenvalue weighted by Gasteiger charge is 2.31. The lowest BCUT2D eigenvalue weighted by Crippen LogP contribution is -2.05. The number of carboxylic acids is 1. The minimum absolute atomic E-state index is 0.164. The van der Waals surface area contributed by atoms with Crippen LogP contribution >= 0.6 is 15.9 Å². The molecule has 0 spiro atoms. The van der Waals surface area contributed by atoms with E-state index in [9.17, 15) is 36.2 Å². The molecule has 0 aliphatic heterocycles. The number of hydrogen-bond donors (Lipinski definition) is 1. The number of hydrogen-bond acceptors (Lipinski definition) is 3. The number of fused-ring (bicyclic) bond motifs is 2. The zero-order valence-corrected chi connectivity index (χ0v) is 29.2. The molecule has 5 aromatic carbocycles. The van der Waals surface area contributed by atoms with Gasteiger partial charge in [0.2, 0.25) is 0 Å². The highest BCUT2D eigenvalue weighted by atomic mass is 79.9. The minimum Gasteiger partial charge on any atom is -0.478 e. The zero-order chi connectivity index (χ0) is 37.4. The first-order chi connectivity index (χ1) is 24.6. The number of halogens is 7. The highest BCUT2D eigenvalue weighted by Crippen LogP contribution is 2.37. The van der Waals surface area contributed by atoms with Crippen LogP contribution < -0.4 is 0 Å². The Morgan fingerprint density at radius 2 is 1.12 bits per heavy atom. The van der Waals surface area contributed by atoms with Crippen LogP contribution in [-0.4, -0.2) is 11.1 Å². The van der Waals surface area contributed by atoms with Crippen molar-refractivity contribution in [3.8, 4) is 11.1 Å². The molecule has 11 heteroatoms. The quantitative estimate of drug-likeness (QED) is 0.171. The lowest BCUT2D eigenvalue weighted by atomic mass is 9.99. The third-order valence-corrected chi connectivity index (χ3v) is 9.36. The summed E-state index contributed by atoms with van der Waals surface area (Å²) in [5.41, 5.74) is 4.44. The second-order valence-corrected chi connectivity index (χ2v) is 13.1. The van der Waals surface area contributed by atoms with Gasteiger partial charge < -0.3 is 13.9 Å². The third kappa shape index (κ3) is 7.79. The van der Waals surface area contributed by atoms with Crippen molar-refractivity contribution in [1.29, 1.82) is 0 Å². The number of para-hydroxylation sites is 2. The lowest BCUT2D eigenvalue weighted by molar-refractivity contribution is -0.138. The van der Waals surface area contributed by atoms with Crippen molar-refractivity contribution >= 4 is 43.8 Å². The predicted molar refractivity (Wildman–Crippen MR) is 190 cm³/mol. The van der Waals surface area contributed by atoms with Crippen molar-refractivity contribution in [2.24, 2.45) is 0 Å². The van der Waals surface area contributed by atoms with Gasteiger partial charge in [-0.1, -0.05) is 78.9 Å². The van der Waals surface area contributed by atoms with Crippen LogP contribution in [0.4, 0.5) is 26.3 Å². The summed E-state index contributed by atoms with van der Waals surface area (Å²) < 4.78 is 90.1. The minimum atomic E-state index is -4.40. The average molecular weight is 780 g/mol. The van der Waals surface area contributed by atoms with Crippen LogP contribution in [0.3, 0.4) is 0 Å². The van der Waals surface area contributed by atoms with Gasteiger partial charge in [-0.15, -0.1) is 0 Å². The first kappa shape index (κ1) is 36.5. The molecular weight excluding hydrogens is 750 g/mol. The summed E-state index contributed by atoms with van der Waals surface area (Å²) in [7, 11) is 0. The molecule has 0 radical (unpaired) electrons. The van der Waals surface area contributed by atoms with Crippen LogP contribution in [0.1, 0.15) is 55.3 Å². The smallest absolute Gasteiger partial charge is 0.416 e. The van der Waals surface area contributed by atoms with Gasteiger partial charge >= 0.3 is 18.3 Å². The maximum Gasteiger partial charge on any atom is 0.416 e. The van der Waals surface area contributed by atoms with E-state index in [1.165, 1.54) is 24.3 Å². The number of aryl methyl sites for hydroxylation is 2. The van der Waals surface area contributed by atoms with Crippen molar-refractivity contribution in [1.82, 2.24) is 0 Å². The Bertz CT molecular complexity index is 2420. The summed E-state index contributed by atoms with van der Waals surface area (Å²) >= 11 is 3.42. The summed E-state index contributed by atoms with van der Waals surface area (Å²) in [4.78, 5) is 11.3. The van der Waals surface area contributed by atoms with Gasteiger partial charge in [-0.3, -0.25) is 0 Å². The number of furan rings is 2. The molecule has 0 amide bonds. The standard InChI is InChI=1S/C24H17F3O3.C17H12BrF3O/c1-14-19-9-4-10-20(16-6-3-7-17(13-16)23(28)29)22(19)30-21(14)12-15-5-2-8-18(11-15)24(25,26)27;1-10-13-6-3-7-14(18)16(13)22-15(10)9-11-4-2-5-12(8-11)17(19,20)21/h2-11,13H,12H2,1H3,(H,28,29);2-8H,9H2,1H3. The number of carboxylic acid groups (broad SMARTS) is 1. The molecule has 0 atom stereocenters. The molecule has 7 aromatic rings. The molecule has 2 heterocycles. The van der Waals surface area contributed by atoms with Crippen LogP contribution in [0, 0.1) is 13.8 Å². The molecule has 0 saturated heterocycles. The number of aromatic carboxylic acids is 1. The van der Waals surface area contributed by atoms with Gasteiger partial charge in [0.05, 0.1) is 21.2 Å². The summed E-state index contributed by atoms with van der Waals surface area (Å²) in [6.45, 7) is 3.79. The Hall–Kier alpha value is -5.29. The van der Waals surface area contributed by atoms with E-state index in [2.05, 4.69) is 15.9 Å². The van der Waals surface area contributed by atoms with Gasteiger partial charge in [-0.05, 0) is 87.9 Å². The maximum absolute atomic E-state index is 13.0. The van der Waals surface area contributed by atoms with Crippen molar-refractivity contribution < 1.29 is 45.1 Å². The largest absolute Gasteiger partial charge is 0.478 e. The number of rotatable bonds is 6. The van der Waals surface area contributed by atoms with Crippen molar-refractivity contribution in [3.05, 3.63) is 164 Å². The molecule has 0 saturated carbocycles. The summed E-state index contributed by atoms with van der Waals surface area (Å²) in [5.74, 6) is 0.234. The molecule has 0 fully saturated rings. The highest BCUT2D eigenvalue weighted by molar-refractivity contribution is 9.10. The van der Waals surface area contributed by atoms with E-state index in [1.54, 1.807) is 30.3 Å². The van der Waals surface area contributed by atoms with E-state index >= 15 is 0 Å². The summed E-state index contributed by atoms with van der Waals surface area (Å²) in [6.07, 6.45) is -8.18. The van der Waals surface area contributed by atoms with E-state index < -0.39 is 29.4 Å². The summed E-state index contributed by atoms with van der Waals surface area (Å²) in [5, 5.41) is 11.1. The number of benzene rings is 5. The number of alkyl halides is 6. The van der Waals surface area contributed by atoms with Gasteiger partial charge in [0, 0.05) is 29.2 Å². The molecule has 52 heavy (non-hydrogen) atoms. The Kier molecular flexibility index (Phi) is 10.1. The maximum atomic E-state index is 13.0. The topological polar surface area (TPSA) is 63.6 Å². The Morgan fingerprint density at radius 1 is 0.635 bits per heavy atom. The van der Waals surface area contributed by atoms with E-state index in [4.69, 9.17) is 8.83 Å². The molecule has 7 rings (SSSR count). The van der Waals surface area contributed by atoms with E-state index in [0.29, 0.717) is 40.2 Å². The Morgan fingerprint density at radius 3 is 1.63 bits per heavy atom. The van der Waals surface area contributed by atoms with E-state index in [-0.39, 0.29) is 12.0 Å². The van der Waals surface area contributed by atoms with Crippen LogP contribution in [0.15, 0.2) is 123 Å². The summed E-state index contributed by atoms with van der Waals surface area (Å²) in [6, 6.07) is 28.4. The van der Waals surface area contributed by atoms with Gasteiger partial charge in [0.1, 0.15) is 22.7 Å². The van der Waals surface area contributed by atoms with Gasteiger partial charge in [-0.2, -0.15) is 26.3 Å². The fraction of sp³-hybridized carbons (Fsp3) is 0.146. The van der Waals surface area contributed by atoms with Crippen LogP contribution in [-0.2, 0) is 25.2 Å². The average Bonchev–Trinajstić information content (AvgIpc) is 3.60. The molecule has 2 aromatic heterocycles. The molecule has 0 bridgehead atoms. The molecule has 0 unspecified atom stereocenters. The van der Waals surface area contributed by atoms with Crippen molar-refractivity contribution in [2.75, 3.05) is 0 Å². The third-order valence-electron chi connectivity index (χ3n) is 8.74. The number of carbonyl (C=O) groups is 1. The van der Waals surface area contributed by atoms with Crippen LogP contribution in [0.2, 0.25) is 0 Å². The van der Waals surface area contributed by atoms with Crippen molar-refractivity contribution in [2.45, 2.75) is 39.0 Å². The van der Waals surface area contributed by atoms with E-state index in [1.807, 2.05) is 50.2 Å². The zero-order valence-electron chi connectivity index (χ0n) is 27.6. The van der Waals surface area contributed by atoms with Crippen LogP contribution in [0.5, 0.6) is 0 Å². The van der Waals surface area contributed by atoms with Gasteiger partial charge in [0.15, 0.2) is 0 Å². The molecule has 0 aliphatic rings. The molecular formula is C41H29BrF6O4. The molecule has 0 aliphatic carbocycles. The monoisotopic (exact) mass is 778 g/mol.